The molecule has 5 nitrogen and oxygen atoms in total. The van der Waals surface area contributed by atoms with E-state index in [0.717, 1.165) is 5.69 Å². The number of nitrogens with one attached hydrogen (secondary N) is 1. The number of rotatable bonds is 4. The molecule has 0 aliphatic heterocycles. The monoisotopic (exact) mass is 356 g/mol. The second kappa shape index (κ2) is 7.27. The van der Waals surface area contributed by atoms with E-state index in [2.05, 4.69) is 15.3 Å². The number of hydrogen-bond donors (Lipinski definition) is 1. The molecular weight excluding hydrogens is 343 g/mol. The Hall–Kier alpha value is -2.99. The Balaban J connectivity index is 1.86. The van der Waals surface area contributed by atoms with Crippen molar-refractivity contribution < 1.29 is 9.18 Å². The lowest BCUT2D eigenvalue weighted by Gasteiger charge is -2.19. The molecule has 0 aliphatic rings. The van der Waals surface area contributed by atoms with Gasteiger partial charge in [-0.3, -0.25) is 4.79 Å². The number of halogens is 2. The van der Waals surface area contributed by atoms with Gasteiger partial charge in [0.1, 0.15) is 12.1 Å². The summed E-state index contributed by atoms with van der Waals surface area (Å²) in [6.45, 7) is 0. The lowest BCUT2D eigenvalue weighted by atomic mass is 10.2. The third-order valence-corrected chi connectivity index (χ3v) is 3.84. The molecule has 0 atom stereocenters. The predicted molar refractivity (Wildman–Crippen MR) is 95.9 cm³/mol. The van der Waals surface area contributed by atoms with Crippen LogP contribution in [0.15, 0.2) is 61.2 Å². The van der Waals surface area contributed by atoms with Crippen LogP contribution in [-0.4, -0.2) is 22.9 Å². The van der Waals surface area contributed by atoms with Crippen LogP contribution in [0, 0.1) is 5.82 Å². The first kappa shape index (κ1) is 16.9. The van der Waals surface area contributed by atoms with Crippen molar-refractivity contribution in [3.05, 3.63) is 77.6 Å². The van der Waals surface area contributed by atoms with Crippen molar-refractivity contribution in [2.24, 2.45) is 0 Å². The molecule has 1 N–H and O–H groups in total. The highest BCUT2D eigenvalue weighted by Crippen LogP contribution is 2.27. The van der Waals surface area contributed by atoms with Crippen molar-refractivity contribution in [3.8, 4) is 0 Å². The van der Waals surface area contributed by atoms with E-state index >= 15 is 0 Å². The minimum atomic E-state index is -0.531. The molecule has 7 heteroatoms. The van der Waals surface area contributed by atoms with Gasteiger partial charge in [0.25, 0.3) is 5.91 Å². The Morgan fingerprint density at radius 1 is 1.12 bits per heavy atom. The van der Waals surface area contributed by atoms with Gasteiger partial charge in [-0.2, -0.15) is 0 Å². The fourth-order valence-corrected chi connectivity index (χ4v) is 2.45. The summed E-state index contributed by atoms with van der Waals surface area (Å²) in [4.78, 5) is 22.0. The van der Waals surface area contributed by atoms with Crippen LogP contribution in [0.3, 0.4) is 0 Å². The smallest absolute Gasteiger partial charge is 0.255 e. The van der Waals surface area contributed by atoms with Crippen LogP contribution >= 0.6 is 11.6 Å². The van der Waals surface area contributed by atoms with E-state index in [1.165, 1.54) is 18.5 Å². The van der Waals surface area contributed by atoms with Crippen LogP contribution < -0.4 is 10.2 Å². The van der Waals surface area contributed by atoms with E-state index in [1.54, 1.807) is 54.7 Å². The summed E-state index contributed by atoms with van der Waals surface area (Å²) < 4.78 is 14.1. The molecule has 1 amide bonds. The minimum Gasteiger partial charge on any atom is -0.342 e. The number of carbonyl (C=O) groups is 1. The average Bonchev–Trinajstić information content (AvgIpc) is 2.63. The average molecular weight is 357 g/mol. The van der Waals surface area contributed by atoms with Gasteiger partial charge in [-0.15, -0.1) is 0 Å². The zero-order valence-electron chi connectivity index (χ0n) is 13.3. The Kier molecular flexibility index (Phi) is 4.90. The summed E-state index contributed by atoms with van der Waals surface area (Å²) in [7, 11) is 1.80. The molecule has 1 heterocycles. The quantitative estimate of drug-likeness (QED) is 0.757. The van der Waals surface area contributed by atoms with Gasteiger partial charge in [0.2, 0.25) is 0 Å². The number of anilines is 3. The Bertz CT molecular complexity index is 905. The Morgan fingerprint density at radius 3 is 2.60 bits per heavy atom. The van der Waals surface area contributed by atoms with E-state index in [0.29, 0.717) is 16.3 Å². The maximum absolute atomic E-state index is 14.1. The maximum atomic E-state index is 14.1. The molecule has 3 rings (SSSR count). The molecule has 0 saturated heterocycles. The second-order valence-electron chi connectivity index (χ2n) is 5.28. The molecule has 0 unspecified atom stereocenters. The fraction of sp³-hybridized carbons (Fsp3) is 0.0556. The first-order valence-corrected chi connectivity index (χ1v) is 7.77. The Morgan fingerprint density at radius 2 is 1.88 bits per heavy atom. The largest absolute Gasteiger partial charge is 0.342 e. The van der Waals surface area contributed by atoms with Crippen LogP contribution in [0.4, 0.5) is 21.5 Å². The molecular formula is C18H14ClFN4O. The summed E-state index contributed by atoms with van der Waals surface area (Å²) in [6.07, 6.45) is 4.71. The lowest BCUT2D eigenvalue weighted by molar-refractivity contribution is 0.102. The van der Waals surface area contributed by atoms with Crippen molar-refractivity contribution in [2.75, 3.05) is 17.3 Å². The fourth-order valence-electron chi connectivity index (χ4n) is 2.26. The van der Waals surface area contributed by atoms with Gasteiger partial charge in [-0.25, -0.2) is 14.4 Å². The lowest BCUT2D eigenvalue weighted by Crippen LogP contribution is -2.15. The van der Waals surface area contributed by atoms with Gasteiger partial charge in [0.15, 0.2) is 0 Å². The molecule has 25 heavy (non-hydrogen) atoms. The molecule has 1 aromatic heterocycles. The van der Waals surface area contributed by atoms with Gasteiger partial charge in [0, 0.05) is 23.3 Å². The van der Waals surface area contributed by atoms with Crippen molar-refractivity contribution in [2.45, 2.75) is 0 Å². The van der Waals surface area contributed by atoms with Crippen molar-refractivity contribution >= 4 is 34.6 Å². The van der Waals surface area contributed by atoms with Crippen LogP contribution in [0.2, 0.25) is 5.02 Å². The standard InChI is InChI=1S/C18H14ClFN4O/c1-24(15-9-21-11-22-10-15)14-5-6-16(20)17(8-14)23-18(25)12-3-2-4-13(19)7-12/h2-11H,1H3,(H,23,25). The summed E-state index contributed by atoms with van der Waals surface area (Å²) in [5.41, 5.74) is 1.84. The van der Waals surface area contributed by atoms with E-state index < -0.39 is 11.7 Å². The summed E-state index contributed by atoms with van der Waals surface area (Å²) in [6, 6.07) is 10.9. The van der Waals surface area contributed by atoms with E-state index in [-0.39, 0.29) is 5.69 Å². The third-order valence-electron chi connectivity index (χ3n) is 3.61. The zero-order valence-corrected chi connectivity index (χ0v) is 14.0. The van der Waals surface area contributed by atoms with Crippen LogP contribution in [0.5, 0.6) is 0 Å². The SMILES string of the molecule is CN(c1cncnc1)c1ccc(F)c(NC(=O)c2cccc(Cl)c2)c1. The number of amides is 1. The van der Waals surface area contributed by atoms with E-state index in [4.69, 9.17) is 11.6 Å². The van der Waals surface area contributed by atoms with E-state index in [1.807, 2.05) is 0 Å². The highest BCUT2D eigenvalue weighted by atomic mass is 35.5. The summed E-state index contributed by atoms with van der Waals surface area (Å²) in [5.74, 6) is -0.971. The number of nitrogens with zero attached hydrogens (tertiary/aromatic N) is 3. The first-order valence-electron chi connectivity index (χ1n) is 7.40. The highest BCUT2D eigenvalue weighted by Gasteiger charge is 2.13. The minimum absolute atomic E-state index is 0.0752. The molecule has 0 spiro atoms. The summed E-state index contributed by atoms with van der Waals surface area (Å²) in [5, 5.41) is 3.01. The molecule has 0 aliphatic carbocycles. The second-order valence-corrected chi connectivity index (χ2v) is 5.72. The zero-order chi connectivity index (χ0) is 17.8. The normalized spacial score (nSPS) is 10.4. The molecule has 0 saturated carbocycles. The van der Waals surface area contributed by atoms with Gasteiger partial charge in [-0.1, -0.05) is 17.7 Å². The van der Waals surface area contributed by atoms with Gasteiger partial charge >= 0.3 is 0 Å². The van der Waals surface area contributed by atoms with Crippen molar-refractivity contribution in [1.82, 2.24) is 9.97 Å². The van der Waals surface area contributed by atoms with Gasteiger partial charge < -0.3 is 10.2 Å². The molecule has 126 valence electrons. The summed E-state index contributed by atoms with van der Waals surface area (Å²) >= 11 is 5.89. The third kappa shape index (κ3) is 3.92. The Labute approximate surface area is 149 Å². The van der Waals surface area contributed by atoms with E-state index in [9.17, 15) is 9.18 Å². The first-order chi connectivity index (χ1) is 12.0. The maximum Gasteiger partial charge on any atom is 0.255 e. The topological polar surface area (TPSA) is 58.1 Å². The molecule has 0 radical (unpaired) electrons. The number of aromatic nitrogens is 2. The van der Waals surface area contributed by atoms with Gasteiger partial charge in [-0.05, 0) is 36.4 Å². The van der Waals surface area contributed by atoms with Crippen molar-refractivity contribution in [1.29, 1.82) is 0 Å². The number of benzene rings is 2. The molecule has 3 aromatic rings. The molecule has 0 fully saturated rings. The van der Waals surface area contributed by atoms with Crippen LogP contribution in [0.25, 0.3) is 0 Å². The van der Waals surface area contributed by atoms with Crippen LogP contribution in [0.1, 0.15) is 10.4 Å². The predicted octanol–water partition coefficient (Wildman–Crippen LogP) is 4.29. The van der Waals surface area contributed by atoms with Gasteiger partial charge in [0.05, 0.1) is 23.8 Å². The highest BCUT2D eigenvalue weighted by molar-refractivity contribution is 6.31. The number of carbonyl (C=O) groups excluding carboxylic acids is 1. The number of hydrogen-bond acceptors (Lipinski definition) is 4. The molecule has 2 aromatic carbocycles. The van der Waals surface area contributed by atoms with Crippen molar-refractivity contribution in [3.63, 3.8) is 0 Å². The molecule has 0 bridgehead atoms. The van der Waals surface area contributed by atoms with Crippen LogP contribution in [-0.2, 0) is 0 Å².